The highest BCUT2D eigenvalue weighted by atomic mass is 16.6. The molecule has 2 rings (SSSR count). The van der Waals surface area contributed by atoms with Gasteiger partial charge in [-0.1, -0.05) is 6.92 Å². The SMILES string of the molecule is CCCOC(=O)c1ccc(C(=O)Oc2ccc([N+](=O)[O-])cc2)cc1. The van der Waals surface area contributed by atoms with Gasteiger partial charge < -0.3 is 9.47 Å². The van der Waals surface area contributed by atoms with E-state index in [0.717, 1.165) is 6.42 Å². The van der Waals surface area contributed by atoms with Crippen LogP contribution in [0.4, 0.5) is 5.69 Å². The molecule has 2 aromatic carbocycles. The van der Waals surface area contributed by atoms with Crippen LogP contribution in [0.2, 0.25) is 0 Å². The molecule has 0 aliphatic rings. The van der Waals surface area contributed by atoms with Crippen molar-refractivity contribution in [3.63, 3.8) is 0 Å². The van der Waals surface area contributed by atoms with Gasteiger partial charge in [0.05, 0.1) is 22.7 Å². The number of rotatable bonds is 6. The summed E-state index contributed by atoms with van der Waals surface area (Å²) in [5.74, 6) is -0.888. The van der Waals surface area contributed by atoms with Gasteiger partial charge in [-0.3, -0.25) is 10.1 Å². The smallest absolute Gasteiger partial charge is 0.343 e. The van der Waals surface area contributed by atoms with Crippen LogP contribution >= 0.6 is 0 Å². The fraction of sp³-hybridized carbons (Fsp3) is 0.176. The number of non-ortho nitro benzene ring substituents is 1. The fourth-order valence-corrected chi connectivity index (χ4v) is 1.82. The van der Waals surface area contributed by atoms with Gasteiger partial charge in [-0.15, -0.1) is 0 Å². The van der Waals surface area contributed by atoms with Crippen LogP contribution in [-0.2, 0) is 4.74 Å². The van der Waals surface area contributed by atoms with E-state index in [1.54, 1.807) is 0 Å². The minimum atomic E-state index is -0.627. The third-order valence-electron chi connectivity index (χ3n) is 3.05. The van der Waals surface area contributed by atoms with E-state index in [1.165, 1.54) is 48.5 Å². The van der Waals surface area contributed by atoms with Gasteiger partial charge in [0.2, 0.25) is 0 Å². The second kappa shape index (κ2) is 7.87. The minimum absolute atomic E-state index is 0.0928. The molecule has 0 saturated carbocycles. The number of esters is 2. The highest BCUT2D eigenvalue weighted by Crippen LogP contribution is 2.18. The van der Waals surface area contributed by atoms with Crippen molar-refractivity contribution in [1.82, 2.24) is 0 Å². The molecular weight excluding hydrogens is 314 g/mol. The molecule has 0 bridgehead atoms. The first-order chi connectivity index (χ1) is 11.5. The van der Waals surface area contributed by atoms with Gasteiger partial charge in [0.1, 0.15) is 5.75 Å². The summed E-state index contributed by atoms with van der Waals surface area (Å²) in [5.41, 5.74) is 0.500. The number of ether oxygens (including phenoxy) is 2. The maximum atomic E-state index is 12.0. The Bertz CT molecular complexity index is 737. The largest absolute Gasteiger partial charge is 0.462 e. The Hall–Kier alpha value is -3.22. The van der Waals surface area contributed by atoms with Gasteiger partial charge >= 0.3 is 11.9 Å². The molecule has 124 valence electrons. The molecule has 0 aliphatic carbocycles. The molecule has 0 atom stereocenters. The number of nitro groups is 1. The van der Waals surface area contributed by atoms with Crippen LogP contribution in [0.3, 0.4) is 0 Å². The van der Waals surface area contributed by atoms with E-state index in [4.69, 9.17) is 9.47 Å². The summed E-state index contributed by atoms with van der Waals surface area (Å²) in [6.07, 6.45) is 0.728. The predicted octanol–water partition coefficient (Wildman–Crippen LogP) is 3.38. The number of carbonyl (C=O) groups excluding carboxylic acids is 2. The summed E-state index contributed by atoms with van der Waals surface area (Å²) < 4.78 is 10.1. The van der Waals surface area contributed by atoms with Gasteiger partial charge in [-0.25, -0.2) is 9.59 Å². The summed E-state index contributed by atoms with van der Waals surface area (Å²) in [7, 11) is 0. The Balaban J connectivity index is 2.02. The second-order valence-corrected chi connectivity index (χ2v) is 4.85. The van der Waals surface area contributed by atoms with Crippen LogP contribution in [0.15, 0.2) is 48.5 Å². The molecule has 7 heteroatoms. The Morgan fingerprint density at radius 3 is 2.00 bits per heavy atom. The van der Waals surface area contributed by atoms with Gasteiger partial charge in [0.25, 0.3) is 5.69 Å². The topological polar surface area (TPSA) is 95.7 Å². The van der Waals surface area contributed by atoms with Crippen LogP contribution in [0, 0.1) is 10.1 Å². The predicted molar refractivity (Wildman–Crippen MR) is 85.1 cm³/mol. The first kappa shape index (κ1) is 17.1. The van der Waals surface area contributed by atoms with E-state index in [9.17, 15) is 19.7 Å². The number of carbonyl (C=O) groups is 2. The fourth-order valence-electron chi connectivity index (χ4n) is 1.82. The lowest BCUT2D eigenvalue weighted by Gasteiger charge is -2.06. The van der Waals surface area contributed by atoms with Gasteiger partial charge in [0.15, 0.2) is 0 Å². The molecule has 0 aromatic heterocycles. The lowest BCUT2D eigenvalue weighted by molar-refractivity contribution is -0.384. The molecular formula is C17H15NO6. The quantitative estimate of drug-likeness (QED) is 0.349. The summed E-state index contributed by atoms with van der Waals surface area (Å²) in [6.45, 7) is 2.23. The number of benzene rings is 2. The van der Waals surface area contributed by atoms with Gasteiger partial charge in [-0.05, 0) is 42.8 Å². The van der Waals surface area contributed by atoms with E-state index in [-0.39, 0.29) is 17.0 Å². The monoisotopic (exact) mass is 329 g/mol. The highest BCUT2D eigenvalue weighted by molar-refractivity contribution is 5.94. The van der Waals surface area contributed by atoms with Crippen molar-refractivity contribution in [2.24, 2.45) is 0 Å². The molecule has 0 amide bonds. The Morgan fingerprint density at radius 1 is 0.958 bits per heavy atom. The summed E-state index contributed by atoms with van der Waals surface area (Å²) in [5, 5.41) is 10.6. The summed E-state index contributed by atoms with van der Waals surface area (Å²) in [4.78, 5) is 33.7. The molecule has 0 unspecified atom stereocenters. The lowest BCUT2D eigenvalue weighted by atomic mass is 10.1. The maximum absolute atomic E-state index is 12.0. The molecule has 0 heterocycles. The van der Waals surface area contributed by atoms with Crippen LogP contribution in [0.25, 0.3) is 0 Å². The number of nitrogens with zero attached hydrogens (tertiary/aromatic N) is 1. The molecule has 7 nitrogen and oxygen atoms in total. The first-order valence-electron chi connectivity index (χ1n) is 7.25. The van der Waals surface area contributed by atoms with E-state index < -0.39 is 16.9 Å². The zero-order valence-corrected chi connectivity index (χ0v) is 12.9. The molecule has 0 radical (unpaired) electrons. The van der Waals surface area contributed by atoms with Crippen LogP contribution in [0.1, 0.15) is 34.1 Å². The van der Waals surface area contributed by atoms with Crippen LogP contribution in [-0.4, -0.2) is 23.5 Å². The number of nitro benzene ring substituents is 1. The third kappa shape index (κ3) is 4.39. The minimum Gasteiger partial charge on any atom is -0.462 e. The molecule has 0 aliphatic heterocycles. The van der Waals surface area contributed by atoms with Crippen molar-refractivity contribution in [3.8, 4) is 5.75 Å². The Morgan fingerprint density at radius 2 is 1.50 bits per heavy atom. The summed E-state index contributed by atoms with van der Waals surface area (Å²) >= 11 is 0. The average Bonchev–Trinajstić information content (AvgIpc) is 2.60. The molecule has 0 spiro atoms. The first-order valence-corrected chi connectivity index (χ1v) is 7.25. The van der Waals surface area contributed by atoms with Crippen molar-refractivity contribution in [3.05, 3.63) is 69.8 Å². The average molecular weight is 329 g/mol. The molecule has 24 heavy (non-hydrogen) atoms. The Labute approximate surface area is 138 Å². The standard InChI is InChI=1S/C17H15NO6/c1-2-11-23-16(19)12-3-5-13(6-4-12)17(20)24-15-9-7-14(8-10-15)18(21)22/h3-10H,2,11H2,1H3. The molecule has 0 fully saturated rings. The van der Waals surface area contributed by atoms with E-state index in [2.05, 4.69) is 0 Å². The number of hydrogen-bond acceptors (Lipinski definition) is 6. The second-order valence-electron chi connectivity index (χ2n) is 4.85. The van der Waals surface area contributed by atoms with Crippen molar-refractivity contribution in [1.29, 1.82) is 0 Å². The van der Waals surface area contributed by atoms with Crippen molar-refractivity contribution < 1.29 is 24.0 Å². The highest BCUT2D eigenvalue weighted by Gasteiger charge is 2.12. The maximum Gasteiger partial charge on any atom is 0.343 e. The normalized spacial score (nSPS) is 10.0. The van der Waals surface area contributed by atoms with E-state index in [1.807, 2.05) is 6.92 Å². The van der Waals surface area contributed by atoms with Crippen LogP contribution < -0.4 is 4.74 Å². The molecule has 0 saturated heterocycles. The number of hydrogen-bond donors (Lipinski definition) is 0. The summed E-state index contributed by atoms with van der Waals surface area (Å²) in [6, 6.07) is 11.0. The van der Waals surface area contributed by atoms with Crippen LogP contribution in [0.5, 0.6) is 5.75 Å². The lowest BCUT2D eigenvalue weighted by Crippen LogP contribution is -2.10. The van der Waals surface area contributed by atoms with E-state index in [0.29, 0.717) is 12.2 Å². The third-order valence-corrected chi connectivity index (χ3v) is 3.05. The molecule has 2 aromatic rings. The Kier molecular flexibility index (Phi) is 5.62. The van der Waals surface area contributed by atoms with E-state index >= 15 is 0 Å². The molecule has 0 N–H and O–H groups in total. The van der Waals surface area contributed by atoms with Crippen molar-refractivity contribution in [2.45, 2.75) is 13.3 Å². The van der Waals surface area contributed by atoms with Crippen molar-refractivity contribution in [2.75, 3.05) is 6.61 Å². The van der Waals surface area contributed by atoms with Crippen molar-refractivity contribution >= 4 is 17.6 Å². The zero-order chi connectivity index (χ0) is 17.5. The zero-order valence-electron chi connectivity index (χ0n) is 12.9. The van der Waals surface area contributed by atoms with Gasteiger partial charge in [-0.2, -0.15) is 0 Å². The van der Waals surface area contributed by atoms with Gasteiger partial charge in [0, 0.05) is 12.1 Å².